The normalized spacial score (nSPS) is 32.0. The fraction of sp³-hybridized carbons (Fsp3) is 0.731. The van der Waals surface area contributed by atoms with Gasteiger partial charge in [-0.3, -0.25) is 14.4 Å². The zero-order valence-corrected chi connectivity index (χ0v) is 21.9. The highest BCUT2D eigenvalue weighted by atomic mass is 32.2. The van der Waals surface area contributed by atoms with Gasteiger partial charge in [-0.2, -0.15) is 0 Å². The van der Waals surface area contributed by atoms with Crippen molar-refractivity contribution in [3.05, 3.63) is 25.3 Å². The van der Waals surface area contributed by atoms with Crippen molar-refractivity contribution >= 4 is 29.5 Å². The van der Waals surface area contributed by atoms with Crippen LogP contribution in [0.15, 0.2) is 25.3 Å². The largest absolute Gasteiger partial charge is 0.465 e. The summed E-state index contributed by atoms with van der Waals surface area (Å²) in [7, 11) is 0. The van der Waals surface area contributed by atoms with Gasteiger partial charge >= 0.3 is 5.97 Å². The predicted molar refractivity (Wildman–Crippen MR) is 134 cm³/mol. The minimum atomic E-state index is -0.680. The van der Waals surface area contributed by atoms with Crippen LogP contribution < -0.4 is 0 Å². The quantitative estimate of drug-likeness (QED) is 0.271. The van der Waals surface area contributed by atoms with Gasteiger partial charge in [0.2, 0.25) is 11.8 Å². The molecule has 5 atom stereocenters. The number of unbranched alkanes of at least 4 members (excludes halogenated alkanes) is 1. The standard InChI is InChI=1S/C26H40N2O5S/c1-7-9-10-17-33-23(32)19-18-21(30)27(15-11-16-29)20(26(18)13-12-25(19,6)34-26)22(31)28(14-8-2)24(3,4)5/h7-8,18-20,29H,1-2,9-17H2,3-6H3/t18-,19-,20?,25+,26?/m0/s1. The summed E-state index contributed by atoms with van der Waals surface area (Å²) < 4.78 is 4.52. The molecule has 1 spiro atoms. The van der Waals surface area contributed by atoms with E-state index in [0.717, 1.165) is 12.8 Å². The number of fused-ring (bicyclic) bond motifs is 1. The summed E-state index contributed by atoms with van der Waals surface area (Å²) in [6.45, 7) is 16.4. The first-order valence-electron chi connectivity index (χ1n) is 12.3. The van der Waals surface area contributed by atoms with Gasteiger partial charge in [-0.1, -0.05) is 12.2 Å². The number of amides is 2. The Hall–Kier alpha value is -1.80. The van der Waals surface area contributed by atoms with E-state index in [0.29, 0.717) is 32.4 Å². The molecule has 3 aliphatic heterocycles. The summed E-state index contributed by atoms with van der Waals surface area (Å²) in [6, 6.07) is -0.680. The van der Waals surface area contributed by atoms with E-state index >= 15 is 0 Å². The first-order chi connectivity index (χ1) is 16.0. The molecule has 2 amide bonds. The van der Waals surface area contributed by atoms with Crippen molar-refractivity contribution in [2.24, 2.45) is 11.8 Å². The molecule has 3 saturated heterocycles. The SMILES string of the molecule is C=CCCCOC(=O)[C@@H]1[C@H]2C(=O)N(CCCO)C(C(=O)N(CC=C)C(C)(C)C)C23CC[C@@]1(C)S3. The number of allylic oxidation sites excluding steroid dienone is 1. The molecule has 2 unspecified atom stereocenters. The smallest absolute Gasteiger partial charge is 0.311 e. The van der Waals surface area contributed by atoms with E-state index in [2.05, 4.69) is 13.2 Å². The molecule has 3 heterocycles. The first-order valence-corrected chi connectivity index (χ1v) is 13.1. The number of esters is 1. The molecule has 3 aliphatic rings. The summed E-state index contributed by atoms with van der Waals surface area (Å²) in [4.78, 5) is 44.7. The number of rotatable bonds is 11. The van der Waals surface area contributed by atoms with Gasteiger partial charge in [-0.05, 0) is 59.8 Å². The summed E-state index contributed by atoms with van der Waals surface area (Å²) in [5, 5.41) is 9.48. The molecule has 3 fully saturated rings. The molecule has 0 aromatic rings. The lowest BCUT2D eigenvalue weighted by atomic mass is 9.66. The lowest BCUT2D eigenvalue weighted by Crippen LogP contribution is -2.58. The Labute approximate surface area is 208 Å². The fourth-order valence-corrected chi connectivity index (χ4v) is 8.34. The number of carbonyl (C=O) groups is 3. The minimum Gasteiger partial charge on any atom is -0.465 e. The van der Waals surface area contributed by atoms with E-state index in [-0.39, 0.29) is 30.9 Å². The number of hydrogen-bond donors (Lipinski definition) is 1. The molecular weight excluding hydrogens is 452 g/mol. The van der Waals surface area contributed by atoms with Crippen LogP contribution in [-0.4, -0.2) is 80.1 Å². The van der Waals surface area contributed by atoms with E-state index in [9.17, 15) is 19.5 Å². The van der Waals surface area contributed by atoms with Crippen molar-refractivity contribution < 1.29 is 24.2 Å². The van der Waals surface area contributed by atoms with Crippen LogP contribution in [0.2, 0.25) is 0 Å². The zero-order valence-electron chi connectivity index (χ0n) is 21.0. The van der Waals surface area contributed by atoms with Gasteiger partial charge in [0, 0.05) is 30.0 Å². The molecule has 0 aliphatic carbocycles. The Kier molecular flexibility index (Phi) is 7.92. The Balaban J connectivity index is 2.00. The number of aliphatic hydroxyl groups excluding tert-OH is 1. The van der Waals surface area contributed by atoms with E-state index in [4.69, 9.17) is 4.74 Å². The molecule has 3 rings (SSSR count). The van der Waals surface area contributed by atoms with E-state index < -0.39 is 32.9 Å². The van der Waals surface area contributed by atoms with Crippen molar-refractivity contribution in [2.75, 3.05) is 26.3 Å². The Bertz CT molecular complexity index is 840. The molecule has 0 aromatic carbocycles. The van der Waals surface area contributed by atoms with Crippen LogP contribution in [-0.2, 0) is 19.1 Å². The zero-order chi connectivity index (χ0) is 25.3. The molecule has 7 nitrogen and oxygen atoms in total. The second-order valence-electron chi connectivity index (χ2n) is 10.8. The number of carbonyl (C=O) groups excluding carboxylic acids is 3. The second-order valence-corrected chi connectivity index (χ2v) is 12.7. The maximum Gasteiger partial charge on any atom is 0.311 e. The van der Waals surface area contributed by atoms with Crippen molar-refractivity contribution in [2.45, 2.75) is 80.9 Å². The van der Waals surface area contributed by atoms with Gasteiger partial charge in [0.15, 0.2) is 0 Å². The van der Waals surface area contributed by atoms with Crippen LogP contribution in [0.1, 0.15) is 59.8 Å². The van der Waals surface area contributed by atoms with Crippen molar-refractivity contribution in [1.29, 1.82) is 0 Å². The first kappa shape index (κ1) is 26.8. The minimum absolute atomic E-state index is 0.0718. The molecule has 8 heteroatoms. The van der Waals surface area contributed by atoms with Crippen molar-refractivity contribution in [3.63, 3.8) is 0 Å². The highest BCUT2D eigenvalue weighted by Gasteiger charge is 2.77. The third-order valence-electron chi connectivity index (χ3n) is 7.51. The molecule has 1 N–H and O–H groups in total. The van der Waals surface area contributed by atoms with Crippen LogP contribution in [0.3, 0.4) is 0 Å². The maximum atomic E-state index is 14.1. The van der Waals surface area contributed by atoms with Crippen LogP contribution in [0.25, 0.3) is 0 Å². The third kappa shape index (κ3) is 4.43. The van der Waals surface area contributed by atoms with Crippen molar-refractivity contribution in [1.82, 2.24) is 9.80 Å². The van der Waals surface area contributed by atoms with Gasteiger partial charge in [0.1, 0.15) is 6.04 Å². The van der Waals surface area contributed by atoms with E-state index in [1.165, 1.54) is 0 Å². The predicted octanol–water partition coefficient (Wildman–Crippen LogP) is 3.17. The average Bonchev–Trinajstić information content (AvgIpc) is 3.33. The summed E-state index contributed by atoms with van der Waals surface area (Å²) in [6.07, 6.45) is 6.78. The summed E-state index contributed by atoms with van der Waals surface area (Å²) >= 11 is 1.64. The molecular formula is C26H40N2O5S. The second kappa shape index (κ2) is 10.1. The van der Waals surface area contributed by atoms with Crippen molar-refractivity contribution in [3.8, 4) is 0 Å². The number of hydrogen-bond acceptors (Lipinski definition) is 6. The van der Waals surface area contributed by atoms with Gasteiger partial charge in [0.05, 0.1) is 23.2 Å². The van der Waals surface area contributed by atoms with Gasteiger partial charge in [-0.25, -0.2) is 0 Å². The van der Waals surface area contributed by atoms with Crippen LogP contribution in [0.4, 0.5) is 0 Å². The van der Waals surface area contributed by atoms with Crippen LogP contribution >= 0.6 is 11.8 Å². The maximum absolute atomic E-state index is 14.1. The monoisotopic (exact) mass is 492 g/mol. The number of likely N-dealkylation sites (tertiary alicyclic amines) is 1. The Morgan fingerprint density at radius 1 is 1.26 bits per heavy atom. The van der Waals surface area contributed by atoms with Crippen LogP contribution in [0, 0.1) is 11.8 Å². The molecule has 34 heavy (non-hydrogen) atoms. The number of aliphatic hydroxyl groups is 1. The molecule has 190 valence electrons. The molecule has 0 radical (unpaired) electrons. The fourth-order valence-electron chi connectivity index (χ4n) is 6.01. The van der Waals surface area contributed by atoms with Crippen LogP contribution in [0.5, 0.6) is 0 Å². The highest BCUT2D eigenvalue weighted by molar-refractivity contribution is 8.02. The average molecular weight is 493 g/mol. The Morgan fingerprint density at radius 2 is 1.97 bits per heavy atom. The molecule has 0 aromatic heterocycles. The van der Waals surface area contributed by atoms with Gasteiger partial charge < -0.3 is 19.6 Å². The highest BCUT2D eigenvalue weighted by Crippen LogP contribution is 2.71. The lowest BCUT2D eigenvalue weighted by molar-refractivity contribution is -0.155. The summed E-state index contributed by atoms with van der Waals surface area (Å²) in [5.74, 6) is -1.80. The lowest BCUT2D eigenvalue weighted by Gasteiger charge is -2.42. The third-order valence-corrected chi connectivity index (χ3v) is 9.49. The molecule has 0 saturated carbocycles. The van der Waals surface area contributed by atoms with E-state index in [1.807, 2.05) is 27.7 Å². The topological polar surface area (TPSA) is 87.1 Å². The number of ether oxygens (including phenoxy) is 1. The van der Waals surface area contributed by atoms with Gasteiger partial charge in [-0.15, -0.1) is 24.9 Å². The number of nitrogens with zero attached hydrogens (tertiary/aromatic N) is 2. The molecule has 2 bridgehead atoms. The van der Waals surface area contributed by atoms with Gasteiger partial charge in [0.25, 0.3) is 0 Å². The summed E-state index contributed by atoms with van der Waals surface area (Å²) in [5.41, 5.74) is -0.458. The Morgan fingerprint density at radius 3 is 2.56 bits per heavy atom. The van der Waals surface area contributed by atoms with E-state index in [1.54, 1.807) is 33.7 Å². The number of thioether (sulfide) groups is 1.